The molecule has 2 aromatic carbocycles. The Kier molecular flexibility index (Phi) is 5.67. The highest BCUT2D eigenvalue weighted by molar-refractivity contribution is 6.34. The molecule has 1 aromatic heterocycles. The summed E-state index contributed by atoms with van der Waals surface area (Å²) in [5.41, 5.74) is 1.53. The lowest BCUT2D eigenvalue weighted by Gasteiger charge is -2.11. The second-order valence-electron chi connectivity index (χ2n) is 5.78. The van der Waals surface area contributed by atoms with Crippen LogP contribution in [-0.2, 0) is 7.05 Å². The van der Waals surface area contributed by atoms with Gasteiger partial charge in [-0.15, -0.1) is 0 Å². The lowest BCUT2D eigenvalue weighted by Crippen LogP contribution is -2.17. The molecule has 0 radical (unpaired) electrons. The minimum atomic E-state index is -0.696. The van der Waals surface area contributed by atoms with Gasteiger partial charge in [-0.25, -0.2) is 9.37 Å². The van der Waals surface area contributed by atoms with Crippen LogP contribution in [-0.4, -0.2) is 28.9 Å². The SMILES string of the molecule is COc1ccc(-c2cnc(C(=O)Nc3ccc(C=O)c(Cl)c3)n2C)c(Cl)c1F. The molecule has 28 heavy (non-hydrogen) atoms. The van der Waals surface area contributed by atoms with Gasteiger partial charge in [0.1, 0.15) is 0 Å². The van der Waals surface area contributed by atoms with Gasteiger partial charge in [-0.1, -0.05) is 23.2 Å². The maximum atomic E-state index is 14.2. The van der Waals surface area contributed by atoms with Crippen LogP contribution in [0, 0.1) is 5.82 Å². The Labute approximate surface area is 169 Å². The molecule has 9 heteroatoms. The van der Waals surface area contributed by atoms with E-state index in [-0.39, 0.29) is 21.6 Å². The highest BCUT2D eigenvalue weighted by Crippen LogP contribution is 2.34. The number of nitrogens with one attached hydrogen (secondary N) is 1. The van der Waals surface area contributed by atoms with Gasteiger partial charge in [-0.3, -0.25) is 9.59 Å². The van der Waals surface area contributed by atoms with E-state index in [2.05, 4.69) is 10.3 Å². The van der Waals surface area contributed by atoms with E-state index in [9.17, 15) is 14.0 Å². The fourth-order valence-electron chi connectivity index (χ4n) is 2.65. The summed E-state index contributed by atoms with van der Waals surface area (Å²) in [6, 6.07) is 7.53. The van der Waals surface area contributed by atoms with Crippen LogP contribution in [0.15, 0.2) is 36.5 Å². The zero-order valence-corrected chi connectivity index (χ0v) is 16.3. The van der Waals surface area contributed by atoms with Crippen molar-refractivity contribution in [3.05, 3.63) is 63.8 Å². The first kappa shape index (κ1) is 19.9. The van der Waals surface area contributed by atoms with Crippen molar-refractivity contribution < 1.29 is 18.7 Å². The smallest absolute Gasteiger partial charge is 0.291 e. The van der Waals surface area contributed by atoms with E-state index in [1.807, 2.05) is 0 Å². The Morgan fingerprint density at radius 1 is 1.29 bits per heavy atom. The number of halogens is 3. The number of rotatable bonds is 5. The third-order valence-electron chi connectivity index (χ3n) is 4.12. The van der Waals surface area contributed by atoms with Crippen LogP contribution in [0.2, 0.25) is 10.0 Å². The largest absolute Gasteiger partial charge is 0.494 e. The average molecular weight is 422 g/mol. The quantitative estimate of drug-likeness (QED) is 0.610. The van der Waals surface area contributed by atoms with Crippen LogP contribution in [0.3, 0.4) is 0 Å². The summed E-state index contributed by atoms with van der Waals surface area (Å²) < 4.78 is 20.6. The summed E-state index contributed by atoms with van der Waals surface area (Å²) in [4.78, 5) is 27.5. The molecule has 3 aromatic rings. The molecule has 0 aliphatic rings. The second-order valence-corrected chi connectivity index (χ2v) is 6.56. The molecule has 3 rings (SSSR count). The molecule has 6 nitrogen and oxygen atoms in total. The minimum absolute atomic E-state index is 0.0181. The number of ether oxygens (including phenoxy) is 1. The molecule has 0 aliphatic heterocycles. The van der Waals surface area contributed by atoms with Crippen molar-refractivity contribution in [3.63, 3.8) is 0 Å². The molecule has 0 bridgehead atoms. The maximum Gasteiger partial charge on any atom is 0.291 e. The van der Waals surface area contributed by atoms with Gasteiger partial charge in [-0.05, 0) is 30.3 Å². The zero-order valence-electron chi connectivity index (χ0n) is 14.8. The summed E-state index contributed by atoms with van der Waals surface area (Å²) in [6.07, 6.45) is 2.04. The van der Waals surface area contributed by atoms with Crippen LogP contribution in [0.1, 0.15) is 21.0 Å². The van der Waals surface area contributed by atoms with E-state index in [1.165, 1.54) is 36.1 Å². The normalized spacial score (nSPS) is 10.6. The third-order valence-corrected chi connectivity index (χ3v) is 4.82. The van der Waals surface area contributed by atoms with Gasteiger partial charge in [0.05, 0.1) is 29.0 Å². The number of hydrogen-bond acceptors (Lipinski definition) is 4. The van der Waals surface area contributed by atoms with Crippen LogP contribution in [0.5, 0.6) is 5.75 Å². The number of aldehydes is 1. The number of nitrogens with zero attached hydrogens (tertiary/aromatic N) is 2. The van der Waals surface area contributed by atoms with Crippen LogP contribution >= 0.6 is 23.2 Å². The molecular formula is C19H14Cl2FN3O3. The van der Waals surface area contributed by atoms with Crippen molar-refractivity contribution in [2.75, 3.05) is 12.4 Å². The molecular weight excluding hydrogens is 408 g/mol. The zero-order chi connectivity index (χ0) is 20.4. The minimum Gasteiger partial charge on any atom is -0.494 e. The first-order valence-corrected chi connectivity index (χ1v) is 8.73. The Bertz CT molecular complexity index is 1080. The van der Waals surface area contributed by atoms with Crippen LogP contribution in [0.4, 0.5) is 10.1 Å². The number of hydrogen-bond donors (Lipinski definition) is 1. The lowest BCUT2D eigenvalue weighted by molar-refractivity contribution is 0.101. The third kappa shape index (κ3) is 3.58. The van der Waals surface area contributed by atoms with E-state index in [4.69, 9.17) is 27.9 Å². The second kappa shape index (κ2) is 8.00. The van der Waals surface area contributed by atoms with Crippen molar-refractivity contribution in [1.29, 1.82) is 0 Å². The molecule has 144 valence electrons. The Balaban J connectivity index is 1.91. The monoisotopic (exact) mass is 421 g/mol. The Morgan fingerprint density at radius 3 is 2.68 bits per heavy atom. The first-order chi connectivity index (χ1) is 13.4. The molecule has 0 unspecified atom stereocenters. The lowest BCUT2D eigenvalue weighted by atomic mass is 10.1. The van der Waals surface area contributed by atoms with Gasteiger partial charge < -0.3 is 14.6 Å². The maximum absolute atomic E-state index is 14.2. The number of anilines is 1. The number of imidazole rings is 1. The number of carbonyl (C=O) groups is 2. The van der Waals surface area contributed by atoms with Crippen molar-refractivity contribution in [2.45, 2.75) is 0 Å². The topological polar surface area (TPSA) is 73.2 Å². The van der Waals surface area contributed by atoms with Gasteiger partial charge in [0.15, 0.2) is 23.7 Å². The predicted octanol–water partition coefficient (Wildman–Crippen LogP) is 4.61. The number of methoxy groups -OCH3 is 1. The summed E-state index contributed by atoms with van der Waals surface area (Å²) in [5, 5.41) is 2.73. The van der Waals surface area contributed by atoms with Crippen LogP contribution in [0.25, 0.3) is 11.3 Å². The van der Waals surface area contributed by atoms with Crippen molar-refractivity contribution >= 4 is 41.1 Å². The summed E-state index contributed by atoms with van der Waals surface area (Å²) >= 11 is 12.1. The summed E-state index contributed by atoms with van der Waals surface area (Å²) in [6.45, 7) is 0. The Morgan fingerprint density at radius 2 is 2.04 bits per heavy atom. The van der Waals surface area contributed by atoms with E-state index in [0.29, 0.717) is 28.8 Å². The van der Waals surface area contributed by atoms with Crippen molar-refractivity contribution in [2.24, 2.45) is 7.05 Å². The molecule has 1 N–H and O–H groups in total. The molecule has 0 spiro atoms. The molecule has 1 amide bonds. The van der Waals surface area contributed by atoms with Gasteiger partial charge in [0.25, 0.3) is 5.91 Å². The van der Waals surface area contributed by atoms with Crippen molar-refractivity contribution in [1.82, 2.24) is 9.55 Å². The summed E-state index contributed by atoms with van der Waals surface area (Å²) in [7, 11) is 2.95. The molecule has 0 aliphatic carbocycles. The molecule has 0 atom stereocenters. The van der Waals surface area contributed by atoms with Crippen molar-refractivity contribution in [3.8, 4) is 17.0 Å². The standard InChI is InChI=1S/C19H14Cl2FN3O3/c1-25-14(12-5-6-15(28-2)17(22)16(12)21)8-23-18(25)19(27)24-11-4-3-10(9-26)13(20)7-11/h3-9H,1-2H3,(H,24,27). The number of aromatic nitrogens is 2. The van der Waals surface area contributed by atoms with E-state index < -0.39 is 11.7 Å². The average Bonchev–Trinajstić information content (AvgIpc) is 3.05. The predicted molar refractivity (Wildman–Crippen MR) is 105 cm³/mol. The fourth-order valence-corrected chi connectivity index (χ4v) is 3.12. The van der Waals surface area contributed by atoms with E-state index in [0.717, 1.165) is 0 Å². The number of carbonyl (C=O) groups excluding carboxylic acids is 2. The fraction of sp³-hybridized carbons (Fsp3) is 0.105. The van der Waals surface area contributed by atoms with E-state index in [1.54, 1.807) is 19.2 Å². The molecule has 0 saturated heterocycles. The van der Waals surface area contributed by atoms with Gasteiger partial charge in [-0.2, -0.15) is 0 Å². The van der Waals surface area contributed by atoms with Gasteiger partial charge in [0, 0.05) is 23.9 Å². The molecule has 0 fully saturated rings. The van der Waals surface area contributed by atoms with Gasteiger partial charge >= 0.3 is 0 Å². The number of benzene rings is 2. The van der Waals surface area contributed by atoms with Gasteiger partial charge in [0.2, 0.25) is 0 Å². The Hall–Kier alpha value is -2.90. The highest BCUT2D eigenvalue weighted by Gasteiger charge is 2.20. The summed E-state index contributed by atoms with van der Waals surface area (Å²) in [5.74, 6) is -1.10. The molecule has 1 heterocycles. The van der Waals surface area contributed by atoms with Crippen LogP contribution < -0.4 is 10.1 Å². The highest BCUT2D eigenvalue weighted by atomic mass is 35.5. The number of amides is 1. The first-order valence-electron chi connectivity index (χ1n) is 7.97. The molecule has 0 saturated carbocycles. The van der Waals surface area contributed by atoms with E-state index >= 15 is 0 Å².